The molecule has 3 aromatic rings. The number of benzene rings is 2. The molecule has 0 fully saturated rings. The van der Waals surface area contributed by atoms with Crippen LogP contribution in [0, 0.1) is 0 Å². The SMILES string of the molecule is C=CCSc1nnc2c(n1)OC(c1cc(Cl)cc(Br)c1OC(C)=O)N(C(C)=O)c1ccccc1-2. The highest BCUT2D eigenvalue weighted by atomic mass is 79.9. The summed E-state index contributed by atoms with van der Waals surface area (Å²) >= 11 is 11.1. The third kappa shape index (κ3) is 4.79. The summed E-state index contributed by atoms with van der Waals surface area (Å²) in [6, 6.07) is 10.4. The second-order valence-electron chi connectivity index (χ2n) is 7.12. The zero-order valence-electron chi connectivity index (χ0n) is 18.1. The summed E-state index contributed by atoms with van der Waals surface area (Å²) in [5, 5.41) is 9.29. The number of hydrogen-bond acceptors (Lipinski definition) is 8. The molecule has 2 aromatic carbocycles. The van der Waals surface area contributed by atoms with E-state index in [2.05, 4.69) is 37.7 Å². The smallest absolute Gasteiger partial charge is 0.308 e. The lowest BCUT2D eigenvalue weighted by Crippen LogP contribution is -2.36. The number of esters is 1. The maximum Gasteiger partial charge on any atom is 0.308 e. The Hall–Kier alpha value is -2.95. The maximum atomic E-state index is 13.0. The molecule has 34 heavy (non-hydrogen) atoms. The Morgan fingerprint density at radius 3 is 2.76 bits per heavy atom. The van der Waals surface area contributed by atoms with Gasteiger partial charge in [0.1, 0.15) is 0 Å². The third-order valence-corrected chi connectivity index (χ3v) is 6.37. The molecule has 0 spiro atoms. The molecular formula is C23H18BrClN4O4S. The minimum atomic E-state index is -1.07. The fraction of sp³-hybridized carbons (Fsp3) is 0.174. The van der Waals surface area contributed by atoms with Crippen molar-refractivity contribution in [1.82, 2.24) is 15.2 Å². The van der Waals surface area contributed by atoms with Gasteiger partial charge < -0.3 is 9.47 Å². The number of aromatic nitrogens is 3. The molecule has 1 unspecified atom stereocenters. The summed E-state index contributed by atoms with van der Waals surface area (Å²) in [7, 11) is 0. The van der Waals surface area contributed by atoms with Crippen LogP contribution in [0.3, 0.4) is 0 Å². The van der Waals surface area contributed by atoms with Gasteiger partial charge in [0.15, 0.2) is 11.4 Å². The number of rotatable bonds is 5. The maximum absolute atomic E-state index is 13.0. The minimum absolute atomic E-state index is 0.174. The Morgan fingerprint density at radius 2 is 2.06 bits per heavy atom. The average Bonchev–Trinajstić information content (AvgIpc) is 2.93. The quantitative estimate of drug-likeness (QED) is 0.172. The summed E-state index contributed by atoms with van der Waals surface area (Å²) in [6.45, 7) is 6.41. The molecule has 8 nitrogen and oxygen atoms in total. The van der Waals surface area contributed by atoms with E-state index in [1.165, 1.54) is 30.5 Å². The van der Waals surface area contributed by atoms with Gasteiger partial charge in [-0.2, -0.15) is 4.98 Å². The number of fused-ring (bicyclic) bond motifs is 3. The number of thioether (sulfide) groups is 1. The van der Waals surface area contributed by atoms with Crippen LogP contribution in [-0.4, -0.2) is 32.8 Å². The van der Waals surface area contributed by atoms with Crippen LogP contribution in [0.1, 0.15) is 25.6 Å². The largest absolute Gasteiger partial charge is 0.447 e. The lowest BCUT2D eigenvalue weighted by Gasteiger charge is -2.31. The van der Waals surface area contributed by atoms with E-state index >= 15 is 0 Å². The highest BCUT2D eigenvalue weighted by molar-refractivity contribution is 9.10. The Morgan fingerprint density at radius 1 is 1.29 bits per heavy atom. The van der Waals surface area contributed by atoms with Crippen molar-refractivity contribution < 1.29 is 19.1 Å². The van der Waals surface area contributed by atoms with Gasteiger partial charge >= 0.3 is 5.97 Å². The third-order valence-electron chi connectivity index (χ3n) is 4.73. The molecule has 174 valence electrons. The Labute approximate surface area is 213 Å². The topological polar surface area (TPSA) is 94.5 Å². The predicted molar refractivity (Wildman–Crippen MR) is 133 cm³/mol. The molecular weight excluding hydrogens is 544 g/mol. The van der Waals surface area contributed by atoms with E-state index in [0.717, 1.165) is 0 Å². The molecule has 1 amide bonds. The summed E-state index contributed by atoms with van der Waals surface area (Å²) in [6.07, 6.45) is 0.656. The average molecular weight is 562 g/mol. The molecule has 0 saturated carbocycles. The van der Waals surface area contributed by atoms with E-state index in [1.54, 1.807) is 30.3 Å². The van der Waals surface area contributed by atoms with Crippen molar-refractivity contribution in [3.63, 3.8) is 0 Å². The molecule has 11 heteroatoms. The number of carbonyl (C=O) groups excluding carboxylic acids is 2. The van der Waals surface area contributed by atoms with Gasteiger partial charge in [0.25, 0.3) is 0 Å². The first-order valence-corrected chi connectivity index (χ1v) is 12.2. The Kier molecular flexibility index (Phi) is 7.20. The van der Waals surface area contributed by atoms with Crippen molar-refractivity contribution in [2.24, 2.45) is 0 Å². The predicted octanol–water partition coefficient (Wildman–Crippen LogP) is 5.60. The van der Waals surface area contributed by atoms with Gasteiger partial charge in [-0.15, -0.1) is 16.8 Å². The van der Waals surface area contributed by atoms with Crippen LogP contribution in [-0.2, 0) is 9.59 Å². The summed E-state index contributed by atoms with van der Waals surface area (Å²) in [5.41, 5.74) is 1.88. The van der Waals surface area contributed by atoms with Crippen molar-refractivity contribution in [2.75, 3.05) is 10.7 Å². The highest BCUT2D eigenvalue weighted by Gasteiger charge is 2.37. The fourth-order valence-corrected chi connectivity index (χ4v) is 4.89. The van der Waals surface area contributed by atoms with Crippen LogP contribution >= 0.6 is 39.3 Å². The van der Waals surface area contributed by atoms with Crippen LogP contribution in [0.25, 0.3) is 11.3 Å². The molecule has 1 aliphatic heterocycles. The van der Waals surface area contributed by atoms with Crippen LogP contribution in [0.2, 0.25) is 5.02 Å². The molecule has 1 atom stereocenters. The van der Waals surface area contributed by atoms with Crippen molar-refractivity contribution in [3.05, 3.63) is 64.1 Å². The summed E-state index contributed by atoms with van der Waals surface area (Å²) in [4.78, 5) is 30.8. The van der Waals surface area contributed by atoms with Gasteiger partial charge in [0, 0.05) is 30.2 Å². The monoisotopic (exact) mass is 560 g/mol. The van der Waals surface area contributed by atoms with Crippen LogP contribution < -0.4 is 14.4 Å². The molecule has 1 aromatic heterocycles. The van der Waals surface area contributed by atoms with Crippen molar-refractivity contribution >= 4 is 56.9 Å². The highest BCUT2D eigenvalue weighted by Crippen LogP contribution is 2.46. The van der Waals surface area contributed by atoms with Gasteiger partial charge in [-0.05, 0) is 34.1 Å². The lowest BCUT2D eigenvalue weighted by atomic mass is 10.1. The molecule has 4 rings (SSSR count). The van der Waals surface area contributed by atoms with Crippen molar-refractivity contribution in [3.8, 4) is 22.9 Å². The zero-order chi connectivity index (χ0) is 24.4. The molecule has 0 radical (unpaired) electrons. The van der Waals surface area contributed by atoms with Gasteiger partial charge in [-0.3, -0.25) is 14.5 Å². The minimum Gasteiger partial charge on any atom is -0.447 e. The first-order chi connectivity index (χ1) is 16.3. The molecule has 0 aliphatic carbocycles. The second kappa shape index (κ2) is 10.1. The molecule has 0 bridgehead atoms. The van der Waals surface area contributed by atoms with Gasteiger partial charge in [0.05, 0.1) is 15.7 Å². The van der Waals surface area contributed by atoms with E-state index < -0.39 is 12.2 Å². The van der Waals surface area contributed by atoms with Gasteiger partial charge in [-0.25, -0.2) is 0 Å². The molecule has 1 aliphatic rings. The van der Waals surface area contributed by atoms with Crippen LogP contribution in [0.5, 0.6) is 11.6 Å². The zero-order valence-corrected chi connectivity index (χ0v) is 21.3. The number of ether oxygens (including phenoxy) is 2. The number of amides is 1. The normalized spacial score (nSPS) is 14.4. The van der Waals surface area contributed by atoms with E-state index in [9.17, 15) is 9.59 Å². The number of halogens is 2. The first-order valence-electron chi connectivity index (χ1n) is 10.0. The number of hydrogen-bond donors (Lipinski definition) is 0. The number of anilines is 1. The Balaban J connectivity index is 1.98. The fourth-order valence-electron chi connectivity index (χ4n) is 3.46. The van der Waals surface area contributed by atoms with Crippen LogP contribution in [0.15, 0.2) is 58.7 Å². The number of para-hydroxylation sites is 1. The first kappa shape index (κ1) is 24.2. The van der Waals surface area contributed by atoms with E-state index in [1.807, 2.05) is 12.1 Å². The number of nitrogens with zero attached hydrogens (tertiary/aromatic N) is 4. The standard InChI is InChI=1S/C23H18BrClN4O4S/c1-4-9-34-23-26-21-19(27-28-23)15-7-5-6-8-18(15)29(12(2)30)22(33-21)16-10-14(25)11-17(24)20(16)32-13(3)31/h4-8,10-11,22H,1,9H2,2-3H3. The van der Waals surface area contributed by atoms with E-state index in [4.69, 9.17) is 21.1 Å². The Bertz CT molecular complexity index is 1310. The molecule has 0 N–H and O–H groups in total. The van der Waals surface area contributed by atoms with Gasteiger partial charge in [-0.1, -0.05) is 47.6 Å². The van der Waals surface area contributed by atoms with Crippen molar-refractivity contribution in [1.29, 1.82) is 0 Å². The van der Waals surface area contributed by atoms with E-state index in [0.29, 0.717) is 42.9 Å². The second-order valence-corrected chi connectivity index (χ2v) is 9.40. The van der Waals surface area contributed by atoms with Crippen molar-refractivity contribution in [2.45, 2.75) is 25.2 Å². The summed E-state index contributed by atoms with van der Waals surface area (Å²) in [5.74, 6) is 0.0762. The molecule has 0 saturated heterocycles. The lowest BCUT2D eigenvalue weighted by molar-refractivity contribution is -0.132. The van der Waals surface area contributed by atoms with Gasteiger partial charge in [0.2, 0.25) is 23.2 Å². The number of carbonyl (C=O) groups is 2. The van der Waals surface area contributed by atoms with E-state index in [-0.39, 0.29) is 17.5 Å². The summed E-state index contributed by atoms with van der Waals surface area (Å²) < 4.78 is 12.2. The van der Waals surface area contributed by atoms with Crippen LogP contribution in [0.4, 0.5) is 5.69 Å². The molecule has 2 heterocycles.